The summed E-state index contributed by atoms with van der Waals surface area (Å²) in [6.45, 7) is 15.7. The van der Waals surface area contributed by atoms with Gasteiger partial charge in [0.25, 0.3) is 5.91 Å². The van der Waals surface area contributed by atoms with Crippen molar-refractivity contribution in [3.05, 3.63) is 12.7 Å². The van der Waals surface area contributed by atoms with Crippen molar-refractivity contribution in [1.82, 2.24) is 20.9 Å². The van der Waals surface area contributed by atoms with Crippen molar-refractivity contribution in [2.45, 2.75) is 123 Å². The fourth-order valence-corrected chi connectivity index (χ4v) is 7.17. The fourth-order valence-electron chi connectivity index (χ4n) is 7.17. The Hall–Kier alpha value is -2.91. The van der Waals surface area contributed by atoms with Gasteiger partial charge >= 0.3 is 6.09 Å². The third kappa shape index (κ3) is 8.57. The summed E-state index contributed by atoms with van der Waals surface area (Å²) in [5.74, 6) is -2.18. The lowest BCUT2D eigenvalue weighted by Crippen LogP contribution is -2.59. The first-order valence-corrected chi connectivity index (χ1v) is 15.7. The maximum atomic E-state index is 14.4. The molecule has 3 N–H and O–H groups in total. The van der Waals surface area contributed by atoms with Crippen LogP contribution >= 0.6 is 0 Å². The molecule has 1 heterocycles. The molecular weight excluding hydrogens is 536 g/mol. The average Bonchev–Trinajstić information content (AvgIpc) is 3.40. The third-order valence-corrected chi connectivity index (χ3v) is 8.83. The topological polar surface area (TPSA) is 134 Å². The summed E-state index contributed by atoms with van der Waals surface area (Å²) in [6, 6.07) is -2.59. The van der Waals surface area contributed by atoms with Gasteiger partial charge in [0.15, 0.2) is 0 Å². The molecule has 10 heteroatoms. The van der Waals surface area contributed by atoms with Gasteiger partial charge in [-0.15, -0.1) is 6.58 Å². The summed E-state index contributed by atoms with van der Waals surface area (Å²) < 4.78 is 5.52. The van der Waals surface area contributed by atoms with Crippen molar-refractivity contribution < 1.29 is 28.7 Å². The lowest BCUT2D eigenvalue weighted by molar-refractivity contribution is -0.144. The molecule has 1 aliphatic heterocycles. The van der Waals surface area contributed by atoms with Crippen LogP contribution in [-0.4, -0.2) is 71.3 Å². The number of likely N-dealkylation sites (tertiary alicyclic amines) is 1. The summed E-state index contributed by atoms with van der Waals surface area (Å²) in [4.78, 5) is 68.4. The van der Waals surface area contributed by atoms with Gasteiger partial charge in [0.1, 0.15) is 17.7 Å². The van der Waals surface area contributed by atoms with Gasteiger partial charge in [-0.3, -0.25) is 19.2 Å². The van der Waals surface area contributed by atoms with Crippen LogP contribution in [0.25, 0.3) is 0 Å². The third-order valence-electron chi connectivity index (χ3n) is 8.83. The number of ether oxygens (including phenoxy) is 1. The van der Waals surface area contributed by atoms with Gasteiger partial charge in [-0.05, 0) is 76.0 Å². The van der Waals surface area contributed by atoms with E-state index in [4.69, 9.17) is 4.74 Å². The highest BCUT2D eigenvalue weighted by molar-refractivity contribution is 6.38. The van der Waals surface area contributed by atoms with E-state index in [0.29, 0.717) is 19.4 Å². The number of hydrogen-bond acceptors (Lipinski definition) is 6. The van der Waals surface area contributed by atoms with Gasteiger partial charge in [0.2, 0.25) is 17.6 Å². The van der Waals surface area contributed by atoms with Crippen LogP contribution in [0.2, 0.25) is 0 Å². The lowest BCUT2D eigenvalue weighted by Gasteiger charge is -2.36. The highest BCUT2D eigenvalue weighted by Crippen LogP contribution is 2.51. The van der Waals surface area contributed by atoms with E-state index in [-0.39, 0.29) is 35.6 Å². The van der Waals surface area contributed by atoms with Crippen molar-refractivity contribution in [3.63, 3.8) is 0 Å². The Morgan fingerprint density at radius 2 is 1.71 bits per heavy atom. The Balaban J connectivity index is 1.89. The first kappa shape index (κ1) is 33.6. The minimum absolute atomic E-state index is 0.0176. The number of Topliss-reactive ketones (excluding diaryl/α,β-unsaturated/α-hetero) is 1. The fraction of sp³-hybridized carbons (Fsp3) is 0.781. The molecule has 4 amide bonds. The molecule has 236 valence electrons. The largest absolute Gasteiger partial charge is 0.444 e. The molecule has 3 aliphatic rings. The van der Waals surface area contributed by atoms with Crippen LogP contribution in [0.5, 0.6) is 0 Å². The molecule has 0 aromatic carbocycles. The van der Waals surface area contributed by atoms with Gasteiger partial charge in [-0.25, -0.2) is 4.79 Å². The number of hydrogen-bond donors (Lipinski definition) is 3. The Morgan fingerprint density at radius 3 is 2.31 bits per heavy atom. The van der Waals surface area contributed by atoms with Crippen molar-refractivity contribution in [3.8, 4) is 0 Å². The number of nitrogens with zero attached hydrogens (tertiary/aromatic N) is 1. The molecule has 42 heavy (non-hydrogen) atoms. The Morgan fingerprint density at radius 1 is 1.05 bits per heavy atom. The minimum atomic E-state index is -0.994. The summed E-state index contributed by atoms with van der Waals surface area (Å²) in [7, 11) is 0. The molecule has 5 atom stereocenters. The van der Waals surface area contributed by atoms with E-state index in [0.717, 1.165) is 44.9 Å². The summed E-state index contributed by atoms with van der Waals surface area (Å²) >= 11 is 0. The molecule has 3 unspecified atom stereocenters. The van der Waals surface area contributed by atoms with E-state index >= 15 is 0 Å². The van der Waals surface area contributed by atoms with Crippen LogP contribution in [0.15, 0.2) is 12.7 Å². The van der Waals surface area contributed by atoms with Crippen LogP contribution in [-0.2, 0) is 23.9 Å². The van der Waals surface area contributed by atoms with E-state index in [1.54, 1.807) is 25.7 Å². The van der Waals surface area contributed by atoms with Gasteiger partial charge in [0.05, 0.1) is 6.04 Å². The van der Waals surface area contributed by atoms with Crippen LogP contribution < -0.4 is 16.0 Å². The maximum absolute atomic E-state index is 14.4. The molecule has 3 fully saturated rings. The van der Waals surface area contributed by atoms with Crippen LogP contribution in [0, 0.1) is 23.2 Å². The monoisotopic (exact) mass is 588 g/mol. The second kappa shape index (κ2) is 14.0. The summed E-state index contributed by atoms with van der Waals surface area (Å²) in [5, 5.41) is 8.23. The predicted octanol–water partition coefficient (Wildman–Crippen LogP) is 3.88. The molecule has 10 nitrogen and oxygen atoms in total. The molecule has 2 saturated carbocycles. The van der Waals surface area contributed by atoms with Crippen molar-refractivity contribution in [1.29, 1.82) is 0 Å². The zero-order valence-corrected chi connectivity index (χ0v) is 26.4. The number of nitrogens with one attached hydrogen (secondary N) is 3. The van der Waals surface area contributed by atoms with E-state index in [1.807, 2.05) is 6.92 Å². The smallest absolute Gasteiger partial charge is 0.408 e. The molecule has 0 radical (unpaired) electrons. The van der Waals surface area contributed by atoms with E-state index in [2.05, 4.69) is 36.4 Å². The van der Waals surface area contributed by atoms with Crippen LogP contribution in [0.1, 0.15) is 99.3 Å². The van der Waals surface area contributed by atoms with Crippen LogP contribution in [0.3, 0.4) is 0 Å². The van der Waals surface area contributed by atoms with E-state index < -0.39 is 47.4 Å². The van der Waals surface area contributed by atoms with Gasteiger partial charge < -0.3 is 25.6 Å². The Bertz CT molecular complexity index is 1030. The van der Waals surface area contributed by atoms with Gasteiger partial charge in [0, 0.05) is 13.1 Å². The van der Waals surface area contributed by atoms with E-state index in [9.17, 15) is 24.0 Å². The quantitative estimate of drug-likeness (QED) is 0.248. The zero-order valence-electron chi connectivity index (χ0n) is 26.4. The standard InChI is InChI=1S/C32H52N4O6/c1-8-13-23(26(37)28(39)33-16-9-2)34-27(38)25-22-18-32(6,7)17-21(22)19-36(25)29(40)24(20-14-11-10-12-15-20)35-30(41)42-31(3,4)5/h9,20-25H,2,8,10-19H2,1,3-7H3,(H,33,39)(H,34,38)(H,35,41)/t21-,22-,23?,24?,25?/m0/s1. The summed E-state index contributed by atoms with van der Waals surface area (Å²) in [6.07, 6.45) is 8.02. The normalized spacial score (nSPS) is 25.1. The Labute approximate surface area is 251 Å². The zero-order chi connectivity index (χ0) is 31.2. The highest BCUT2D eigenvalue weighted by atomic mass is 16.6. The molecule has 3 rings (SSSR count). The number of alkyl carbamates (subject to hydrolysis) is 1. The number of fused-ring (bicyclic) bond motifs is 1. The molecule has 0 aromatic rings. The predicted molar refractivity (Wildman–Crippen MR) is 160 cm³/mol. The lowest BCUT2D eigenvalue weighted by atomic mass is 9.83. The van der Waals surface area contributed by atoms with Crippen LogP contribution in [0.4, 0.5) is 4.79 Å². The van der Waals surface area contributed by atoms with E-state index in [1.165, 1.54) is 6.08 Å². The molecule has 2 aliphatic carbocycles. The number of carbonyl (C=O) groups is 5. The number of ketones is 1. The summed E-state index contributed by atoms with van der Waals surface area (Å²) in [5.41, 5.74) is -0.703. The minimum Gasteiger partial charge on any atom is -0.444 e. The molecular formula is C32H52N4O6. The van der Waals surface area contributed by atoms with Gasteiger partial charge in [-0.2, -0.15) is 0 Å². The molecule has 1 saturated heterocycles. The van der Waals surface area contributed by atoms with Crippen molar-refractivity contribution >= 4 is 29.6 Å². The van der Waals surface area contributed by atoms with Crippen molar-refractivity contribution in [2.75, 3.05) is 13.1 Å². The SMILES string of the molecule is C=CCNC(=O)C(=O)C(CCC)NC(=O)C1[C@H]2CC(C)(C)C[C@H]2CN1C(=O)C(NC(=O)OC(C)(C)C)C1CCCCC1. The first-order valence-electron chi connectivity index (χ1n) is 15.7. The molecule has 0 aromatic heterocycles. The Kier molecular flexibility index (Phi) is 11.2. The maximum Gasteiger partial charge on any atom is 0.408 e. The van der Waals surface area contributed by atoms with Crippen molar-refractivity contribution in [2.24, 2.45) is 23.2 Å². The van der Waals surface area contributed by atoms with Gasteiger partial charge in [-0.1, -0.05) is 52.5 Å². The first-order chi connectivity index (χ1) is 19.7. The second-order valence-corrected chi connectivity index (χ2v) is 14.2. The number of rotatable bonds is 11. The highest BCUT2D eigenvalue weighted by Gasteiger charge is 2.55. The number of carbonyl (C=O) groups excluding carboxylic acids is 5. The number of amides is 4. The second-order valence-electron chi connectivity index (χ2n) is 14.2. The molecule has 0 bridgehead atoms. The molecule has 0 spiro atoms. The average molecular weight is 589 g/mol.